The molecule has 0 radical (unpaired) electrons. The Balaban J connectivity index is 0.966. The number of para-hydroxylation sites is 6. The molecule has 0 saturated heterocycles. The van der Waals surface area contributed by atoms with E-state index in [1.807, 2.05) is 0 Å². The summed E-state index contributed by atoms with van der Waals surface area (Å²) in [6, 6.07) is 71.0. The minimum absolute atomic E-state index is 0.122. The number of anilines is 2. The molecule has 0 fully saturated rings. The van der Waals surface area contributed by atoms with Crippen LogP contribution in [0.3, 0.4) is 0 Å². The summed E-state index contributed by atoms with van der Waals surface area (Å²) in [7, 11) is 0. The molecule has 0 saturated carbocycles. The topological polar surface area (TPSA) is 56.7 Å². The van der Waals surface area contributed by atoms with Crippen molar-refractivity contribution in [2.24, 2.45) is 5.92 Å². The van der Waals surface area contributed by atoms with Gasteiger partial charge in [0.1, 0.15) is 23.3 Å². The Bertz CT molecular complexity index is 3970. The molecule has 7 heteroatoms. The monoisotopic (exact) mass is 833 g/mol. The lowest BCUT2D eigenvalue weighted by atomic mass is 9.83. The third-order valence-corrected chi connectivity index (χ3v) is 13.7. The fourth-order valence-corrected chi connectivity index (χ4v) is 11.1. The van der Waals surface area contributed by atoms with Gasteiger partial charge in [-0.2, -0.15) is 0 Å². The molecule has 6 aromatic carbocycles. The molecular weight excluding hydrogens is 795 g/mol. The molecule has 1 aliphatic carbocycles. The van der Waals surface area contributed by atoms with Crippen LogP contribution in [0.15, 0.2) is 200 Å². The van der Waals surface area contributed by atoms with Crippen molar-refractivity contribution in [1.29, 1.82) is 0 Å². The number of hydrogen-bond acceptors (Lipinski definition) is 4. The average molecular weight is 834 g/mol. The number of benzene rings is 6. The van der Waals surface area contributed by atoms with Gasteiger partial charge in [-0.25, -0.2) is 15.0 Å². The second-order valence-corrected chi connectivity index (χ2v) is 17.3. The lowest BCUT2D eigenvalue weighted by Gasteiger charge is -2.27. The van der Waals surface area contributed by atoms with Crippen LogP contribution in [-0.2, 0) is 0 Å². The van der Waals surface area contributed by atoms with Gasteiger partial charge in [0.2, 0.25) is 0 Å². The highest BCUT2D eigenvalue weighted by molar-refractivity contribution is 6.10. The van der Waals surface area contributed by atoms with Crippen molar-refractivity contribution >= 4 is 77.8 Å². The molecule has 2 atom stereocenters. The Kier molecular flexibility index (Phi) is 7.60. The summed E-state index contributed by atoms with van der Waals surface area (Å²) in [6.07, 6.45) is 2.46. The quantitative estimate of drug-likeness (QED) is 0.173. The highest BCUT2D eigenvalue weighted by atomic mass is 15.2. The standard InChI is InChI=1S/C58H39N7/c1-36-35-51-57(42-22-7-12-29-49(42)64(51)55-34-16-33-54(61-55)63-47-27-10-4-19-39(47)40-20-5-11-28-48(40)63)58-56(36)41-21-6-13-30-50(41)65(58)53-32-15-24-44(60-53)43-23-14-31-52(59-43)62-45-25-8-2-17-37(45)38-18-3-9-26-46(38)62/h2-36,56H,1H3. The highest BCUT2D eigenvalue weighted by Gasteiger charge is 2.41. The second kappa shape index (κ2) is 13.7. The van der Waals surface area contributed by atoms with Crippen LogP contribution in [0.5, 0.6) is 0 Å². The molecule has 306 valence electrons. The van der Waals surface area contributed by atoms with Crippen LogP contribution in [0, 0.1) is 5.92 Å². The first-order chi connectivity index (χ1) is 32.2. The zero-order valence-corrected chi connectivity index (χ0v) is 35.4. The summed E-state index contributed by atoms with van der Waals surface area (Å²) in [6.45, 7) is 2.35. The number of pyridine rings is 3. The predicted molar refractivity (Wildman–Crippen MR) is 265 cm³/mol. The third kappa shape index (κ3) is 5.15. The Morgan fingerprint density at radius 3 is 1.35 bits per heavy atom. The molecule has 2 aliphatic rings. The van der Waals surface area contributed by atoms with Gasteiger partial charge in [0, 0.05) is 43.8 Å². The molecule has 0 amide bonds. The Morgan fingerprint density at radius 2 is 0.785 bits per heavy atom. The van der Waals surface area contributed by atoms with Crippen LogP contribution < -0.4 is 15.5 Å². The number of nitrogens with zero attached hydrogens (tertiary/aromatic N) is 7. The lowest BCUT2D eigenvalue weighted by molar-refractivity contribution is 0.682. The summed E-state index contributed by atoms with van der Waals surface area (Å²) < 4.78 is 6.93. The molecule has 0 bridgehead atoms. The zero-order chi connectivity index (χ0) is 42.8. The molecule has 7 nitrogen and oxygen atoms in total. The molecule has 0 N–H and O–H groups in total. The average Bonchev–Trinajstić information content (AvgIpc) is 4.09. The van der Waals surface area contributed by atoms with E-state index < -0.39 is 0 Å². The summed E-state index contributed by atoms with van der Waals surface area (Å²) in [4.78, 5) is 18.7. The first-order valence-electron chi connectivity index (χ1n) is 22.3. The molecule has 0 spiro atoms. The van der Waals surface area contributed by atoms with E-state index in [-0.39, 0.29) is 11.8 Å². The SMILES string of the molecule is CC1C=c2c(c3ccccc3n2-c2cccc(-n3c4ccccc4c4ccccc43)n2)=C2C1c1ccccc1N2c1cccc(-c2cccc(-n3c4ccccc4c4ccccc43)n2)n1. The Morgan fingerprint density at radius 1 is 0.369 bits per heavy atom. The molecule has 65 heavy (non-hydrogen) atoms. The number of hydrogen-bond donors (Lipinski definition) is 0. The summed E-state index contributed by atoms with van der Waals surface area (Å²) in [5.74, 6) is 3.78. The van der Waals surface area contributed by atoms with Crippen molar-refractivity contribution in [2.45, 2.75) is 12.8 Å². The maximum Gasteiger partial charge on any atom is 0.140 e. The lowest BCUT2D eigenvalue weighted by Crippen LogP contribution is -2.39. The van der Waals surface area contributed by atoms with Gasteiger partial charge in [-0.05, 0) is 84.3 Å². The number of aromatic nitrogens is 6. The zero-order valence-electron chi connectivity index (χ0n) is 35.4. The van der Waals surface area contributed by atoms with Crippen molar-refractivity contribution in [3.63, 3.8) is 0 Å². The smallest absolute Gasteiger partial charge is 0.140 e. The largest absolute Gasteiger partial charge is 0.297 e. The van der Waals surface area contributed by atoms with Gasteiger partial charge < -0.3 is 0 Å². The van der Waals surface area contributed by atoms with E-state index in [0.717, 1.165) is 73.3 Å². The molecule has 14 rings (SSSR count). The fraction of sp³-hybridized carbons (Fsp3) is 0.0517. The highest BCUT2D eigenvalue weighted by Crippen LogP contribution is 2.52. The molecule has 2 unspecified atom stereocenters. The third-order valence-electron chi connectivity index (χ3n) is 13.7. The van der Waals surface area contributed by atoms with Crippen molar-refractivity contribution in [3.05, 3.63) is 216 Å². The van der Waals surface area contributed by atoms with Crippen molar-refractivity contribution in [3.8, 4) is 28.8 Å². The van der Waals surface area contributed by atoms with E-state index in [0.29, 0.717) is 0 Å². The van der Waals surface area contributed by atoms with Crippen LogP contribution in [-0.4, -0.2) is 28.7 Å². The predicted octanol–water partition coefficient (Wildman–Crippen LogP) is 12.2. The molecule has 12 aromatic rings. The molecule has 7 heterocycles. The summed E-state index contributed by atoms with van der Waals surface area (Å²) >= 11 is 0. The summed E-state index contributed by atoms with van der Waals surface area (Å²) in [5.41, 5.74) is 11.0. The van der Waals surface area contributed by atoms with Gasteiger partial charge >= 0.3 is 0 Å². The van der Waals surface area contributed by atoms with Gasteiger partial charge in [-0.15, -0.1) is 0 Å². The maximum absolute atomic E-state index is 5.51. The van der Waals surface area contributed by atoms with Gasteiger partial charge in [0.25, 0.3) is 0 Å². The Labute approximate surface area is 373 Å². The number of fused-ring (bicyclic) bond motifs is 12. The van der Waals surface area contributed by atoms with Crippen LogP contribution >= 0.6 is 0 Å². The van der Waals surface area contributed by atoms with E-state index in [1.165, 1.54) is 43.4 Å². The second-order valence-electron chi connectivity index (χ2n) is 17.3. The molecule has 6 aromatic heterocycles. The maximum atomic E-state index is 5.51. The van der Waals surface area contributed by atoms with Crippen molar-refractivity contribution < 1.29 is 0 Å². The van der Waals surface area contributed by atoms with Crippen molar-refractivity contribution in [1.82, 2.24) is 28.7 Å². The Hall–Kier alpha value is -8.55. The van der Waals surface area contributed by atoms with E-state index >= 15 is 0 Å². The molecular formula is C58H39N7. The van der Waals surface area contributed by atoms with Gasteiger partial charge in [0.15, 0.2) is 0 Å². The van der Waals surface area contributed by atoms with Crippen LogP contribution in [0.25, 0.3) is 95.1 Å². The van der Waals surface area contributed by atoms with Gasteiger partial charge in [-0.1, -0.05) is 140 Å². The molecule has 1 aliphatic heterocycles. The van der Waals surface area contributed by atoms with E-state index in [2.05, 4.69) is 232 Å². The van der Waals surface area contributed by atoms with Crippen LogP contribution in [0.4, 0.5) is 11.5 Å². The van der Waals surface area contributed by atoms with Gasteiger partial charge in [-0.3, -0.25) is 18.6 Å². The first kappa shape index (κ1) is 36.0. The van der Waals surface area contributed by atoms with E-state index in [1.54, 1.807) is 0 Å². The van der Waals surface area contributed by atoms with Crippen LogP contribution in [0.1, 0.15) is 18.4 Å². The minimum Gasteiger partial charge on any atom is -0.297 e. The van der Waals surface area contributed by atoms with Crippen LogP contribution in [0.2, 0.25) is 0 Å². The number of rotatable bonds is 5. The normalized spacial score (nSPS) is 15.5. The van der Waals surface area contributed by atoms with Gasteiger partial charge in [0.05, 0.1) is 50.0 Å². The van der Waals surface area contributed by atoms with E-state index in [9.17, 15) is 0 Å². The summed E-state index contributed by atoms with van der Waals surface area (Å²) in [5, 5.41) is 8.39. The minimum atomic E-state index is 0.122. The fourth-order valence-electron chi connectivity index (χ4n) is 11.1. The first-order valence-corrected chi connectivity index (χ1v) is 22.3. The van der Waals surface area contributed by atoms with Crippen molar-refractivity contribution in [2.75, 3.05) is 4.90 Å². The van der Waals surface area contributed by atoms with E-state index in [4.69, 9.17) is 15.0 Å².